The molecular weight excluding hydrogens is 696 g/mol. The first-order valence-electron chi connectivity index (χ1n) is 13.4. The van der Waals surface area contributed by atoms with Gasteiger partial charge in [0.05, 0.1) is 11.4 Å². The van der Waals surface area contributed by atoms with Crippen LogP contribution in [0.1, 0.15) is 54.1 Å². The molecule has 3 aromatic heterocycles. The van der Waals surface area contributed by atoms with Crippen LogP contribution in [0.3, 0.4) is 0 Å². The number of pyridine rings is 1. The van der Waals surface area contributed by atoms with E-state index in [0.717, 1.165) is 20.1 Å². The van der Waals surface area contributed by atoms with Crippen LogP contribution >= 0.6 is 31.9 Å². The molecular formula is C32H30Br2N4O6. The predicted molar refractivity (Wildman–Crippen MR) is 173 cm³/mol. The first kappa shape index (κ1) is 32.6. The highest BCUT2D eigenvalue weighted by atomic mass is 79.9. The van der Waals surface area contributed by atoms with Crippen LogP contribution in [0.5, 0.6) is 5.75 Å². The summed E-state index contributed by atoms with van der Waals surface area (Å²) >= 11 is 6.81. The quantitative estimate of drug-likeness (QED) is 0.174. The highest BCUT2D eigenvalue weighted by Gasteiger charge is 2.24. The van der Waals surface area contributed by atoms with Gasteiger partial charge in [0.15, 0.2) is 11.5 Å². The summed E-state index contributed by atoms with van der Waals surface area (Å²) in [7, 11) is 0. The second-order valence-corrected chi connectivity index (χ2v) is 12.8. The summed E-state index contributed by atoms with van der Waals surface area (Å²) in [5.41, 5.74) is 3.39. The topological polar surface area (TPSA) is 136 Å². The number of halogens is 2. The number of carbonyl (C=O) groups excluding carboxylic acids is 2. The number of fused-ring (bicyclic) bond motifs is 1. The van der Waals surface area contributed by atoms with Crippen molar-refractivity contribution < 1.29 is 29.3 Å². The van der Waals surface area contributed by atoms with Crippen molar-refractivity contribution >= 4 is 55.1 Å². The molecule has 0 amide bonds. The number of hydrogen-bond donors (Lipinski definition) is 2. The summed E-state index contributed by atoms with van der Waals surface area (Å²) < 4.78 is 10.1. The van der Waals surface area contributed by atoms with Crippen molar-refractivity contribution in [1.29, 1.82) is 0 Å². The van der Waals surface area contributed by atoms with Crippen LogP contribution in [0, 0.1) is 6.92 Å². The number of Topliss-reactive ketones (excluding diaryl/α,β-unsaturated/α-hetero) is 1. The van der Waals surface area contributed by atoms with Crippen LogP contribution in [-0.4, -0.2) is 52.9 Å². The predicted octanol–water partition coefficient (Wildman–Crippen LogP) is 7.33. The van der Waals surface area contributed by atoms with Gasteiger partial charge in [-0.3, -0.25) is 9.48 Å². The van der Waals surface area contributed by atoms with E-state index in [2.05, 4.69) is 42.1 Å². The van der Waals surface area contributed by atoms with E-state index in [1.807, 2.05) is 48.5 Å². The molecule has 3 heterocycles. The molecule has 0 aliphatic rings. The Hall–Kier alpha value is -4.29. The number of aromatic nitrogens is 4. The van der Waals surface area contributed by atoms with Gasteiger partial charge in [0.2, 0.25) is 0 Å². The molecule has 0 unspecified atom stereocenters. The zero-order chi connectivity index (χ0) is 32.3. The molecule has 0 aliphatic heterocycles. The highest BCUT2D eigenvalue weighted by molar-refractivity contribution is 9.10. The van der Waals surface area contributed by atoms with Gasteiger partial charge in [0.25, 0.3) is 0 Å². The molecule has 0 bridgehead atoms. The molecule has 2 N–H and O–H groups in total. The van der Waals surface area contributed by atoms with E-state index in [1.54, 1.807) is 46.0 Å². The lowest BCUT2D eigenvalue weighted by atomic mass is 10.1. The zero-order valence-electron chi connectivity index (χ0n) is 24.6. The molecule has 0 saturated heterocycles. The average Bonchev–Trinajstić information content (AvgIpc) is 3.52. The second kappa shape index (κ2) is 13.1. The molecule has 5 aromatic rings. The van der Waals surface area contributed by atoms with Crippen molar-refractivity contribution in [1.82, 2.24) is 19.4 Å². The lowest BCUT2D eigenvalue weighted by Crippen LogP contribution is -2.26. The Morgan fingerprint density at radius 2 is 1.48 bits per heavy atom. The number of ether oxygens (including phenoxy) is 1. The number of carboxylic acid groups (broad SMARTS) is 1. The van der Waals surface area contributed by atoms with Crippen LogP contribution < -0.4 is 0 Å². The third-order valence-corrected chi connectivity index (χ3v) is 7.13. The number of esters is 1. The number of carbonyl (C=O) groups is 3. The first-order chi connectivity index (χ1) is 20.6. The van der Waals surface area contributed by atoms with Gasteiger partial charge in [-0.05, 0) is 76.6 Å². The maximum Gasteiger partial charge on any atom is 0.357 e. The van der Waals surface area contributed by atoms with Crippen molar-refractivity contribution in [3.8, 4) is 28.3 Å². The Morgan fingerprint density at radius 3 is 1.98 bits per heavy atom. The lowest BCUT2D eigenvalue weighted by Gasteiger charge is -2.19. The molecule has 0 aliphatic carbocycles. The van der Waals surface area contributed by atoms with Crippen LogP contribution in [0.15, 0.2) is 75.8 Å². The number of nitrogens with zero attached hydrogens (tertiary/aromatic N) is 4. The number of benzene rings is 2. The largest absolute Gasteiger partial charge is 0.505 e. The molecule has 5 rings (SSSR count). The number of hydrogen-bond acceptors (Lipinski definition) is 7. The smallest absolute Gasteiger partial charge is 0.357 e. The normalized spacial score (nSPS) is 11.2. The first-order valence-corrected chi connectivity index (χ1v) is 15.0. The van der Waals surface area contributed by atoms with Crippen LogP contribution in [-0.2, 0) is 16.1 Å². The monoisotopic (exact) mass is 724 g/mol. The van der Waals surface area contributed by atoms with Gasteiger partial charge in [-0.25, -0.2) is 14.1 Å². The molecule has 2 aromatic carbocycles. The fourth-order valence-electron chi connectivity index (χ4n) is 4.32. The summed E-state index contributed by atoms with van der Waals surface area (Å²) in [6, 6.07) is 18.5. The molecule has 0 fully saturated rings. The number of ketones is 1. The van der Waals surface area contributed by atoms with Gasteiger partial charge in [-0.2, -0.15) is 10.2 Å². The average molecular weight is 726 g/mol. The van der Waals surface area contributed by atoms with Crippen molar-refractivity contribution in [3.63, 3.8) is 0 Å². The van der Waals surface area contributed by atoms with Gasteiger partial charge in [-0.1, -0.05) is 56.1 Å². The fourth-order valence-corrected chi connectivity index (χ4v) is 5.12. The number of carboxylic acids is 1. The third kappa shape index (κ3) is 7.80. The van der Waals surface area contributed by atoms with E-state index in [0.29, 0.717) is 22.5 Å². The molecule has 0 atom stereocenters. The van der Waals surface area contributed by atoms with Gasteiger partial charge in [0.1, 0.15) is 28.9 Å². The number of aromatic hydroxyl groups is 1. The Morgan fingerprint density at radius 1 is 0.909 bits per heavy atom. The molecule has 12 heteroatoms. The van der Waals surface area contributed by atoms with E-state index in [1.165, 1.54) is 16.1 Å². The Labute approximate surface area is 270 Å². The van der Waals surface area contributed by atoms with Gasteiger partial charge >= 0.3 is 11.9 Å². The van der Waals surface area contributed by atoms with E-state index in [-0.39, 0.29) is 29.3 Å². The van der Waals surface area contributed by atoms with Crippen LogP contribution in [0.2, 0.25) is 0 Å². The zero-order valence-corrected chi connectivity index (χ0v) is 27.8. The number of aryl methyl sites for hydroxylation is 1. The van der Waals surface area contributed by atoms with Gasteiger partial charge < -0.3 is 14.9 Å². The Kier molecular flexibility index (Phi) is 9.75. The van der Waals surface area contributed by atoms with Crippen molar-refractivity contribution in [2.24, 2.45) is 0 Å². The summed E-state index contributed by atoms with van der Waals surface area (Å²) in [5, 5.41) is 28.1. The lowest BCUT2D eigenvalue weighted by molar-refractivity contribution is -0.117. The number of aromatic carboxylic acids is 1. The molecule has 0 spiro atoms. The maximum atomic E-state index is 12.4. The van der Waals surface area contributed by atoms with Crippen molar-refractivity contribution in [2.45, 2.75) is 46.8 Å². The SMILES string of the molecule is CC(=O)Cn1nc(-c2cccc(Br)c2)cc1C(=O)OC(C)(C)C.Cc1cn2nc(-c3cccc(Br)c3)cc2c(O)c1C(=O)O. The second-order valence-electron chi connectivity index (χ2n) is 11.0. The minimum Gasteiger partial charge on any atom is -0.505 e. The third-order valence-electron chi connectivity index (χ3n) is 6.14. The summed E-state index contributed by atoms with van der Waals surface area (Å²) in [6.07, 6.45) is 1.60. The minimum atomic E-state index is -1.15. The molecule has 0 radical (unpaired) electrons. The number of rotatable bonds is 6. The molecule has 44 heavy (non-hydrogen) atoms. The highest BCUT2D eigenvalue weighted by Crippen LogP contribution is 2.31. The Bertz CT molecular complexity index is 1890. The van der Waals surface area contributed by atoms with E-state index >= 15 is 0 Å². The van der Waals surface area contributed by atoms with E-state index < -0.39 is 17.5 Å². The van der Waals surface area contributed by atoms with Gasteiger partial charge in [-0.15, -0.1) is 0 Å². The maximum absolute atomic E-state index is 12.4. The van der Waals surface area contributed by atoms with Crippen molar-refractivity contribution in [3.05, 3.63) is 92.6 Å². The summed E-state index contributed by atoms with van der Waals surface area (Å²) in [5.74, 6) is -2.00. The summed E-state index contributed by atoms with van der Waals surface area (Å²) in [4.78, 5) is 35.0. The van der Waals surface area contributed by atoms with Crippen LogP contribution in [0.4, 0.5) is 0 Å². The standard InChI is InChI=1S/C17H19BrN2O3.C15H11BrN2O3/c1-11(21)10-20-15(16(22)23-17(2,3)4)9-14(19-20)12-6-5-7-13(18)8-12;1-8-7-18-12(14(19)13(8)15(20)21)6-11(17-18)9-3-2-4-10(16)5-9/h5-9H,10H2,1-4H3;2-7,19H,1H3,(H,20,21). The Balaban J connectivity index is 0.000000201. The summed E-state index contributed by atoms with van der Waals surface area (Å²) in [6.45, 7) is 8.51. The van der Waals surface area contributed by atoms with Crippen LogP contribution in [0.25, 0.3) is 28.0 Å². The van der Waals surface area contributed by atoms with Crippen molar-refractivity contribution in [2.75, 3.05) is 0 Å². The van der Waals surface area contributed by atoms with Gasteiger partial charge in [0, 0.05) is 26.3 Å². The molecule has 10 nitrogen and oxygen atoms in total. The van der Waals surface area contributed by atoms with E-state index in [4.69, 9.17) is 4.74 Å². The minimum absolute atomic E-state index is 0.0303. The van der Waals surface area contributed by atoms with E-state index in [9.17, 15) is 24.6 Å². The fraction of sp³-hybridized carbons (Fsp3) is 0.219. The molecule has 228 valence electrons. The molecule has 0 saturated carbocycles.